The molecular formula is C31H32N4O. The minimum atomic E-state index is 0.191. The normalized spacial score (nSPS) is 13.9. The molecule has 1 aliphatic heterocycles. The summed E-state index contributed by atoms with van der Waals surface area (Å²) in [6.07, 6.45) is 2.14. The molecule has 36 heavy (non-hydrogen) atoms. The molecule has 0 atom stereocenters. The van der Waals surface area contributed by atoms with Gasteiger partial charge in [-0.25, -0.2) is 9.97 Å². The highest BCUT2D eigenvalue weighted by molar-refractivity contribution is 5.79. The predicted molar refractivity (Wildman–Crippen MR) is 145 cm³/mol. The number of rotatable bonds is 6. The summed E-state index contributed by atoms with van der Waals surface area (Å²) in [5.74, 6) is 1.93. The number of aryl methyl sites for hydroxylation is 1. The first-order valence-corrected chi connectivity index (χ1v) is 12.7. The van der Waals surface area contributed by atoms with Crippen molar-refractivity contribution in [1.29, 1.82) is 0 Å². The molecule has 0 aliphatic carbocycles. The fourth-order valence-electron chi connectivity index (χ4n) is 4.83. The Balaban J connectivity index is 1.42. The summed E-state index contributed by atoms with van der Waals surface area (Å²) in [5.41, 5.74) is 5.48. The quantitative estimate of drug-likeness (QED) is 0.378. The first-order chi connectivity index (χ1) is 17.7. The number of hydrogen-bond acceptors (Lipinski definition) is 4. The van der Waals surface area contributed by atoms with Gasteiger partial charge in [0.1, 0.15) is 5.82 Å². The van der Waals surface area contributed by atoms with E-state index in [-0.39, 0.29) is 5.91 Å². The lowest BCUT2D eigenvalue weighted by atomic mass is 10.0. The van der Waals surface area contributed by atoms with Crippen LogP contribution in [0, 0.1) is 6.92 Å². The summed E-state index contributed by atoms with van der Waals surface area (Å²) >= 11 is 0. The molecule has 0 radical (unpaired) electrons. The fraction of sp³-hybridized carbons (Fsp3) is 0.258. The molecule has 5 nitrogen and oxygen atoms in total. The van der Waals surface area contributed by atoms with E-state index in [1.54, 1.807) is 0 Å². The van der Waals surface area contributed by atoms with Gasteiger partial charge in [-0.2, -0.15) is 0 Å². The summed E-state index contributed by atoms with van der Waals surface area (Å²) < 4.78 is 0. The third-order valence-corrected chi connectivity index (χ3v) is 6.79. The molecule has 0 saturated carbocycles. The largest absolute Gasteiger partial charge is 0.354 e. The summed E-state index contributed by atoms with van der Waals surface area (Å²) in [5, 5.41) is 0. The third kappa shape index (κ3) is 5.62. The first-order valence-electron chi connectivity index (χ1n) is 12.7. The number of aromatic nitrogens is 2. The maximum absolute atomic E-state index is 13.0. The minimum absolute atomic E-state index is 0.191. The zero-order chi connectivity index (χ0) is 24.7. The second-order valence-corrected chi connectivity index (χ2v) is 9.35. The number of carbonyl (C=O) groups excluding carboxylic acids is 1. The maximum Gasteiger partial charge on any atom is 0.227 e. The van der Waals surface area contributed by atoms with E-state index in [0.717, 1.165) is 66.5 Å². The molecule has 3 aromatic carbocycles. The second kappa shape index (κ2) is 11.2. The van der Waals surface area contributed by atoms with Crippen molar-refractivity contribution in [3.05, 3.63) is 113 Å². The van der Waals surface area contributed by atoms with Crippen LogP contribution in [-0.4, -0.2) is 47.0 Å². The van der Waals surface area contributed by atoms with Crippen molar-refractivity contribution in [2.75, 3.05) is 31.1 Å². The Morgan fingerprint density at radius 3 is 2.08 bits per heavy atom. The Bertz CT molecular complexity index is 1290. The number of anilines is 1. The lowest BCUT2D eigenvalue weighted by molar-refractivity contribution is -0.130. The topological polar surface area (TPSA) is 49.3 Å². The van der Waals surface area contributed by atoms with E-state index < -0.39 is 0 Å². The van der Waals surface area contributed by atoms with Gasteiger partial charge < -0.3 is 9.80 Å². The molecule has 1 saturated heterocycles. The van der Waals surface area contributed by atoms with Crippen LogP contribution >= 0.6 is 0 Å². The molecule has 0 spiro atoms. The van der Waals surface area contributed by atoms with E-state index in [4.69, 9.17) is 9.97 Å². The van der Waals surface area contributed by atoms with Gasteiger partial charge in [-0.05, 0) is 24.5 Å². The second-order valence-electron chi connectivity index (χ2n) is 9.35. The van der Waals surface area contributed by atoms with Gasteiger partial charge in [0.2, 0.25) is 5.91 Å². The van der Waals surface area contributed by atoms with E-state index in [9.17, 15) is 4.79 Å². The van der Waals surface area contributed by atoms with Gasteiger partial charge >= 0.3 is 0 Å². The van der Waals surface area contributed by atoms with Crippen molar-refractivity contribution < 1.29 is 4.79 Å². The summed E-state index contributed by atoms with van der Waals surface area (Å²) in [4.78, 5) is 27.4. The number of benzene rings is 3. The van der Waals surface area contributed by atoms with E-state index in [2.05, 4.69) is 48.2 Å². The Kier molecular flexibility index (Phi) is 7.36. The molecule has 0 N–H and O–H groups in total. The molecule has 2 heterocycles. The minimum Gasteiger partial charge on any atom is -0.354 e. The average Bonchev–Trinajstić information content (AvgIpc) is 3.18. The molecule has 1 fully saturated rings. The van der Waals surface area contributed by atoms with Crippen molar-refractivity contribution in [2.45, 2.75) is 26.2 Å². The fourth-order valence-corrected chi connectivity index (χ4v) is 4.83. The van der Waals surface area contributed by atoms with Crippen LogP contribution < -0.4 is 4.90 Å². The maximum atomic E-state index is 13.0. The van der Waals surface area contributed by atoms with Gasteiger partial charge in [-0.3, -0.25) is 4.79 Å². The van der Waals surface area contributed by atoms with E-state index in [1.807, 2.05) is 59.5 Å². The summed E-state index contributed by atoms with van der Waals surface area (Å²) in [7, 11) is 0. The Morgan fingerprint density at radius 1 is 0.750 bits per heavy atom. The lowest BCUT2D eigenvalue weighted by Crippen LogP contribution is -2.36. The molecule has 1 amide bonds. The molecule has 0 unspecified atom stereocenters. The highest BCUT2D eigenvalue weighted by Gasteiger charge is 2.24. The van der Waals surface area contributed by atoms with E-state index in [1.165, 1.54) is 5.56 Å². The van der Waals surface area contributed by atoms with Crippen molar-refractivity contribution in [3.63, 3.8) is 0 Å². The Labute approximate surface area is 213 Å². The van der Waals surface area contributed by atoms with E-state index >= 15 is 0 Å². The zero-order valence-corrected chi connectivity index (χ0v) is 20.8. The van der Waals surface area contributed by atoms with Crippen LogP contribution in [0.15, 0.2) is 91.0 Å². The highest BCUT2D eigenvalue weighted by Crippen LogP contribution is 2.28. The van der Waals surface area contributed by atoms with Crippen molar-refractivity contribution in [1.82, 2.24) is 14.9 Å². The number of carbonyl (C=O) groups is 1. The smallest absolute Gasteiger partial charge is 0.227 e. The van der Waals surface area contributed by atoms with Gasteiger partial charge in [0.15, 0.2) is 5.82 Å². The molecule has 4 aromatic rings. The molecule has 1 aliphatic rings. The lowest BCUT2D eigenvalue weighted by Gasteiger charge is -2.26. The van der Waals surface area contributed by atoms with Crippen LogP contribution in [0.1, 0.15) is 28.8 Å². The Hall–Kier alpha value is -3.99. The highest BCUT2D eigenvalue weighted by atomic mass is 16.2. The zero-order valence-electron chi connectivity index (χ0n) is 20.8. The van der Waals surface area contributed by atoms with Crippen molar-refractivity contribution >= 4 is 11.7 Å². The van der Waals surface area contributed by atoms with Crippen LogP contribution in [0.2, 0.25) is 0 Å². The van der Waals surface area contributed by atoms with Gasteiger partial charge in [0.25, 0.3) is 0 Å². The average molecular weight is 477 g/mol. The predicted octanol–water partition coefficient (Wildman–Crippen LogP) is 5.32. The van der Waals surface area contributed by atoms with Gasteiger partial charge in [0, 0.05) is 49.4 Å². The first kappa shape index (κ1) is 23.7. The molecule has 182 valence electrons. The van der Waals surface area contributed by atoms with Crippen LogP contribution in [0.5, 0.6) is 0 Å². The van der Waals surface area contributed by atoms with Crippen molar-refractivity contribution in [2.24, 2.45) is 0 Å². The Morgan fingerprint density at radius 2 is 1.39 bits per heavy atom. The molecule has 0 bridgehead atoms. The van der Waals surface area contributed by atoms with Crippen LogP contribution in [0.3, 0.4) is 0 Å². The number of amides is 1. The summed E-state index contributed by atoms with van der Waals surface area (Å²) in [6, 6.07) is 30.7. The van der Waals surface area contributed by atoms with E-state index in [0.29, 0.717) is 13.0 Å². The molecule has 5 rings (SSSR count). The summed E-state index contributed by atoms with van der Waals surface area (Å²) in [6.45, 7) is 5.17. The monoisotopic (exact) mass is 476 g/mol. The number of hydrogen-bond donors (Lipinski definition) is 0. The van der Waals surface area contributed by atoms with Crippen LogP contribution in [0.25, 0.3) is 11.4 Å². The molecule has 1 aromatic heterocycles. The third-order valence-electron chi connectivity index (χ3n) is 6.79. The number of nitrogens with zero attached hydrogens (tertiary/aromatic N) is 4. The SMILES string of the molecule is Cc1nc(-c2ccccc2)nc(N2CCCN(C(=O)Cc3ccccc3)CC2)c1Cc1ccccc1. The van der Waals surface area contributed by atoms with Crippen LogP contribution in [-0.2, 0) is 17.6 Å². The van der Waals surface area contributed by atoms with Gasteiger partial charge in [-0.1, -0.05) is 91.0 Å². The van der Waals surface area contributed by atoms with Crippen molar-refractivity contribution in [3.8, 4) is 11.4 Å². The molecular weight excluding hydrogens is 444 g/mol. The van der Waals surface area contributed by atoms with Gasteiger partial charge in [-0.15, -0.1) is 0 Å². The molecule has 5 heteroatoms. The standard InChI is InChI=1S/C31H32N4O/c1-24-28(22-25-12-5-2-6-13-25)31(33-30(32-24)27-16-9-4-10-17-27)35-19-11-18-34(20-21-35)29(36)23-26-14-7-3-8-15-26/h2-10,12-17H,11,18-23H2,1H3. The van der Waals surface area contributed by atoms with Gasteiger partial charge in [0.05, 0.1) is 6.42 Å². The van der Waals surface area contributed by atoms with Crippen LogP contribution in [0.4, 0.5) is 5.82 Å².